The minimum absolute atomic E-state index is 0.0821. The number of aromatic nitrogens is 1. The summed E-state index contributed by atoms with van der Waals surface area (Å²) >= 11 is 1.00. The van der Waals surface area contributed by atoms with Crippen LogP contribution < -0.4 is 10.6 Å². The van der Waals surface area contributed by atoms with E-state index in [0.29, 0.717) is 10.7 Å². The van der Waals surface area contributed by atoms with Crippen LogP contribution in [0.1, 0.15) is 16.1 Å². The van der Waals surface area contributed by atoms with Gasteiger partial charge in [-0.1, -0.05) is 0 Å². The van der Waals surface area contributed by atoms with Crippen molar-refractivity contribution < 1.29 is 14.7 Å². The Hall–Kier alpha value is -1.51. The summed E-state index contributed by atoms with van der Waals surface area (Å²) in [5, 5.41) is 15.2. The number of rotatable bonds is 4. The molecule has 1 aliphatic heterocycles. The van der Waals surface area contributed by atoms with Crippen molar-refractivity contribution >= 4 is 28.4 Å². The van der Waals surface area contributed by atoms with Gasteiger partial charge in [0.15, 0.2) is 0 Å². The number of hydrogen-bond acceptors (Lipinski definition) is 6. The summed E-state index contributed by atoms with van der Waals surface area (Å²) in [6.07, 6.45) is 0. The number of nitrogens with one attached hydrogen (secondary N) is 2. The summed E-state index contributed by atoms with van der Waals surface area (Å²) in [7, 11) is 0. The maximum atomic E-state index is 11.9. The van der Waals surface area contributed by atoms with E-state index in [1.54, 1.807) is 6.92 Å². The van der Waals surface area contributed by atoms with Crippen molar-refractivity contribution in [1.82, 2.24) is 14.6 Å². The van der Waals surface area contributed by atoms with E-state index in [4.69, 9.17) is 5.11 Å². The molecule has 8 heteroatoms. The average molecular weight is 284 g/mol. The molecule has 7 nitrogen and oxygen atoms in total. The summed E-state index contributed by atoms with van der Waals surface area (Å²) in [5.41, 5.74) is 0.508. The molecule has 0 radical (unpaired) electrons. The van der Waals surface area contributed by atoms with Gasteiger partial charge in [0.1, 0.15) is 10.6 Å². The van der Waals surface area contributed by atoms with Gasteiger partial charge >= 0.3 is 5.97 Å². The Bertz CT molecular complexity index is 482. The number of hydrogen-bond donors (Lipinski definition) is 3. The molecule has 0 saturated carbocycles. The lowest BCUT2D eigenvalue weighted by molar-refractivity contribution is -0.117. The smallest absolute Gasteiger partial charge is 0.340 e. The van der Waals surface area contributed by atoms with Crippen LogP contribution in [0, 0.1) is 6.92 Å². The fourth-order valence-electron chi connectivity index (χ4n) is 1.95. The van der Waals surface area contributed by atoms with Crippen LogP contribution in [0.4, 0.5) is 5.00 Å². The van der Waals surface area contributed by atoms with E-state index in [-0.39, 0.29) is 18.0 Å². The van der Waals surface area contributed by atoms with Crippen molar-refractivity contribution in [2.45, 2.75) is 6.92 Å². The minimum atomic E-state index is -1.07. The van der Waals surface area contributed by atoms with Crippen molar-refractivity contribution in [3.8, 4) is 0 Å². The molecule has 3 N–H and O–H groups in total. The van der Waals surface area contributed by atoms with Gasteiger partial charge in [-0.25, -0.2) is 4.79 Å². The number of carboxylic acids is 1. The number of amides is 1. The number of carboxylic acid groups (broad SMARTS) is 1. The fourth-order valence-corrected chi connectivity index (χ4v) is 2.75. The highest BCUT2D eigenvalue weighted by atomic mass is 32.1. The first-order valence-corrected chi connectivity index (χ1v) is 6.77. The van der Waals surface area contributed by atoms with Crippen LogP contribution in [0.25, 0.3) is 0 Å². The minimum Gasteiger partial charge on any atom is -0.478 e. The van der Waals surface area contributed by atoms with Crippen molar-refractivity contribution in [1.29, 1.82) is 0 Å². The highest BCUT2D eigenvalue weighted by molar-refractivity contribution is 7.11. The molecule has 0 aromatic carbocycles. The summed E-state index contributed by atoms with van der Waals surface area (Å²) in [5.74, 6) is -1.27. The fraction of sp³-hybridized carbons (Fsp3) is 0.545. The summed E-state index contributed by atoms with van der Waals surface area (Å²) in [4.78, 5) is 25.0. The van der Waals surface area contributed by atoms with Crippen LogP contribution in [0.3, 0.4) is 0 Å². The molecule has 1 saturated heterocycles. The second-order valence-electron chi connectivity index (χ2n) is 4.35. The third-order valence-corrected chi connectivity index (χ3v) is 3.76. The molecule has 104 valence electrons. The number of carbonyl (C=O) groups is 2. The van der Waals surface area contributed by atoms with Gasteiger partial charge < -0.3 is 15.7 Å². The van der Waals surface area contributed by atoms with Gasteiger partial charge in [-0.2, -0.15) is 4.37 Å². The zero-order chi connectivity index (χ0) is 13.8. The van der Waals surface area contributed by atoms with Crippen molar-refractivity contribution in [2.75, 3.05) is 38.0 Å². The van der Waals surface area contributed by atoms with Gasteiger partial charge in [0.2, 0.25) is 5.91 Å². The Balaban J connectivity index is 1.96. The highest BCUT2D eigenvalue weighted by Gasteiger charge is 2.20. The summed E-state index contributed by atoms with van der Waals surface area (Å²) < 4.78 is 3.96. The zero-order valence-electron chi connectivity index (χ0n) is 10.6. The first kappa shape index (κ1) is 13.9. The molecule has 1 fully saturated rings. The molecule has 1 aliphatic rings. The molecule has 1 aromatic rings. The van der Waals surface area contributed by atoms with Crippen LogP contribution in [-0.4, -0.2) is 59.0 Å². The third-order valence-electron chi connectivity index (χ3n) is 2.91. The topological polar surface area (TPSA) is 94.6 Å². The van der Waals surface area contributed by atoms with Gasteiger partial charge in [0.05, 0.1) is 12.2 Å². The molecule has 0 spiro atoms. The lowest BCUT2D eigenvalue weighted by Crippen LogP contribution is -2.46. The second-order valence-corrected chi connectivity index (χ2v) is 5.12. The normalized spacial score (nSPS) is 16.3. The molecule has 1 amide bonds. The van der Waals surface area contributed by atoms with E-state index in [1.807, 2.05) is 4.90 Å². The van der Waals surface area contributed by atoms with E-state index >= 15 is 0 Å². The first-order chi connectivity index (χ1) is 9.08. The molecular weight excluding hydrogens is 268 g/mol. The van der Waals surface area contributed by atoms with Crippen LogP contribution in [0.5, 0.6) is 0 Å². The number of aryl methyl sites for hydroxylation is 1. The molecule has 2 heterocycles. The van der Waals surface area contributed by atoms with Gasteiger partial charge in [-0.05, 0) is 18.5 Å². The molecule has 0 unspecified atom stereocenters. The summed E-state index contributed by atoms with van der Waals surface area (Å²) in [6.45, 7) is 5.27. The highest BCUT2D eigenvalue weighted by Crippen LogP contribution is 2.24. The van der Waals surface area contributed by atoms with E-state index in [9.17, 15) is 9.59 Å². The Morgan fingerprint density at radius 1 is 1.47 bits per heavy atom. The lowest BCUT2D eigenvalue weighted by atomic mass is 10.2. The Morgan fingerprint density at radius 2 is 2.16 bits per heavy atom. The Labute approximate surface area is 114 Å². The maximum Gasteiger partial charge on any atom is 0.340 e. The molecule has 1 aromatic heterocycles. The molecule has 0 atom stereocenters. The van der Waals surface area contributed by atoms with Gasteiger partial charge in [0.25, 0.3) is 0 Å². The van der Waals surface area contributed by atoms with E-state index in [2.05, 4.69) is 15.0 Å². The zero-order valence-corrected chi connectivity index (χ0v) is 11.4. The van der Waals surface area contributed by atoms with Crippen molar-refractivity contribution in [3.05, 3.63) is 11.3 Å². The quantitative estimate of drug-likeness (QED) is 0.720. The largest absolute Gasteiger partial charge is 0.478 e. The average Bonchev–Trinajstić information content (AvgIpc) is 2.71. The lowest BCUT2D eigenvalue weighted by Gasteiger charge is -2.26. The van der Waals surface area contributed by atoms with Gasteiger partial charge in [0, 0.05) is 26.2 Å². The maximum absolute atomic E-state index is 11.9. The number of piperazine rings is 1. The molecule has 0 bridgehead atoms. The number of nitrogens with zero attached hydrogens (tertiary/aromatic N) is 2. The van der Waals surface area contributed by atoms with Gasteiger partial charge in [-0.15, -0.1) is 0 Å². The molecule has 0 aliphatic carbocycles. The Morgan fingerprint density at radius 3 is 2.79 bits per heavy atom. The van der Waals surface area contributed by atoms with Crippen LogP contribution in [-0.2, 0) is 4.79 Å². The molecule has 2 rings (SSSR count). The van der Waals surface area contributed by atoms with E-state index in [0.717, 1.165) is 37.7 Å². The third kappa shape index (κ3) is 3.49. The van der Waals surface area contributed by atoms with Crippen LogP contribution in [0.15, 0.2) is 0 Å². The molecule has 19 heavy (non-hydrogen) atoms. The monoisotopic (exact) mass is 284 g/mol. The number of aromatic carboxylic acids is 1. The SMILES string of the molecule is Cc1nsc(NC(=O)CN2CCNCC2)c1C(=O)O. The van der Waals surface area contributed by atoms with E-state index in [1.165, 1.54) is 0 Å². The first-order valence-electron chi connectivity index (χ1n) is 6.00. The van der Waals surface area contributed by atoms with Crippen LogP contribution >= 0.6 is 11.5 Å². The van der Waals surface area contributed by atoms with Crippen LogP contribution in [0.2, 0.25) is 0 Å². The van der Waals surface area contributed by atoms with Crippen molar-refractivity contribution in [3.63, 3.8) is 0 Å². The summed E-state index contributed by atoms with van der Waals surface area (Å²) in [6, 6.07) is 0. The number of carbonyl (C=O) groups excluding carboxylic acids is 1. The van der Waals surface area contributed by atoms with E-state index < -0.39 is 5.97 Å². The predicted octanol–water partition coefficient (Wildman–Crippen LogP) is -0.00658. The molecular formula is C11H16N4O3S. The Kier molecular flexibility index (Phi) is 4.46. The van der Waals surface area contributed by atoms with Gasteiger partial charge in [-0.3, -0.25) is 9.69 Å². The predicted molar refractivity (Wildman–Crippen MR) is 71.7 cm³/mol. The second kappa shape index (κ2) is 6.09. The standard InChI is InChI=1S/C11H16N4O3S/c1-7-9(11(17)18)10(19-14-7)13-8(16)6-15-4-2-12-3-5-15/h12H,2-6H2,1H3,(H,13,16)(H,17,18). The van der Waals surface area contributed by atoms with Crippen molar-refractivity contribution in [2.24, 2.45) is 0 Å². The number of anilines is 1.